The standard InChI is InChI=1S/C24H17ClFNO6S2.C24H18ClNO6S2.C24H18FNO6S2/c25-19-11-15(7-10-20(19)26)33-14-5-8-16(9-6-14)35(31,32)27-21-12-22(34-13-23(28)29)24(30)18-4-2-1-3-17(18)21;2*25-15-5-7-16(8-6-15)32-17-9-11-18(12-10-17)34(30,31)26-21-13-22(33-14-23(27)28)24(29)20-4-2-1-3-19(20)21/h1-12,27,30H,13H2,(H,28,29);2*1-13,26,29H,14H2,(H,27,28). The van der Waals surface area contributed by atoms with Crippen LogP contribution in [0.3, 0.4) is 0 Å². The van der Waals surface area contributed by atoms with Crippen molar-refractivity contribution in [2.75, 3.05) is 31.4 Å². The SMILES string of the molecule is O=C(O)CSc1cc(NS(=O)(=O)c2ccc(Oc3ccc(Cl)cc3)cc2)c2ccccc2c1O.O=C(O)CSc1cc(NS(=O)(=O)c2ccc(Oc3ccc(F)c(Cl)c3)cc2)c2ccccc2c1O.O=C(O)CSc1cc(NS(=O)(=O)c2ccc(Oc3ccc(F)cc3)cc2)c2ccccc2c1O. The van der Waals surface area contributed by atoms with Crippen molar-refractivity contribution in [1.29, 1.82) is 0 Å². The number of carboxylic acid groups (broad SMARTS) is 3. The number of anilines is 3. The van der Waals surface area contributed by atoms with Gasteiger partial charge >= 0.3 is 17.9 Å². The molecule has 21 nitrogen and oxygen atoms in total. The Morgan fingerprint density at radius 2 is 0.621 bits per heavy atom. The van der Waals surface area contributed by atoms with Crippen LogP contribution < -0.4 is 28.4 Å². The summed E-state index contributed by atoms with van der Waals surface area (Å²) in [6, 6.07) is 57.4. The third-order valence-electron chi connectivity index (χ3n) is 14.4. The summed E-state index contributed by atoms with van der Waals surface area (Å²) >= 11 is 14.3. The summed E-state index contributed by atoms with van der Waals surface area (Å²) in [4.78, 5) is 33.5. The highest BCUT2D eigenvalue weighted by Crippen LogP contribution is 2.44. The molecule has 0 aliphatic rings. The molecule has 528 valence electrons. The van der Waals surface area contributed by atoms with Crippen molar-refractivity contribution in [2.24, 2.45) is 0 Å². The molecule has 103 heavy (non-hydrogen) atoms. The van der Waals surface area contributed by atoms with Gasteiger partial charge in [0.05, 0.1) is 68.7 Å². The topological polar surface area (TPSA) is 339 Å². The van der Waals surface area contributed by atoms with Gasteiger partial charge in [0, 0.05) is 43.4 Å². The molecule has 0 fully saturated rings. The smallest absolute Gasteiger partial charge is 0.313 e. The normalized spacial score (nSPS) is 11.3. The quantitative estimate of drug-likeness (QED) is 0.0200. The van der Waals surface area contributed by atoms with Gasteiger partial charge in [-0.15, -0.1) is 35.3 Å². The van der Waals surface area contributed by atoms with Crippen LogP contribution in [0, 0.1) is 11.6 Å². The van der Waals surface area contributed by atoms with Crippen molar-refractivity contribution in [3.05, 3.63) is 252 Å². The van der Waals surface area contributed by atoms with Crippen molar-refractivity contribution in [2.45, 2.75) is 29.4 Å². The van der Waals surface area contributed by atoms with E-state index in [2.05, 4.69) is 14.2 Å². The maximum absolute atomic E-state index is 13.3. The number of carbonyl (C=O) groups is 3. The van der Waals surface area contributed by atoms with Gasteiger partial charge in [-0.3, -0.25) is 28.5 Å². The average Bonchev–Trinajstić information content (AvgIpc) is 0.788. The van der Waals surface area contributed by atoms with Crippen LogP contribution in [0.2, 0.25) is 10.0 Å². The molecule has 12 aromatic carbocycles. The van der Waals surface area contributed by atoms with E-state index in [0.717, 1.165) is 41.4 Å². The molecular formula is C72H53Cl2F2N3O18S6. The number of sulfonamides is 3. The molecule has 0 radical (unpaired) electrons. The Kier molecular flexibility index (Phi) is 24.0. The molecule has 0 bridgehead atoms. The number of benzene rings is 12. The molecule has 12 aromatic rings. The highest BCUT2D eigenvalue weighted by molar-refractivity contribution is 8.00. The van der Waals surface area contributed by atoms with E-state index in [-0.39, 0.29) is 91.7 Å². The van der Waals surface area contributed by atoms with E-state index in [9.17, 15) is 63.7 Å². The van der Waals surface area contributed by atoms with Crippen molar-refractivity contribution in [3.8, 4) is 51.7 Å². The number of hydrogen-bond acceptors (Lipinski definition) is 18. The molecule has 9 N–H and O–H groups in total. The zero-order valence-electron chi connectivity index (χ0n) is 52.6. The zero-order chi connectivity index (χ0) is 73.8. The number of aliphatic carboxylic acids is 3. The Labute approximate surface area is 609 Å². The molecule has 0 amide bonds. The molecule has 0 aliphatic heterocycles. The third-order valence-corrected chi connectivity index (χ3v) is 22.1. The number of hydrogen-bond donors (Lipinski definition) is 9. The molecule has 0 aromatic heterocycles. The molecule has 0 saturated heterocycles. The van der Waals surface area contributed by atoms with E-state index < -0.39 is 59.6 Å². The molecule has 0 atom stereocenters. The van der Waals surface area contributed by atoms with E-state index in [1.165, 1.54) is 127 Å². The lowest BCUT2D eigenvalue weighted by atomic mass is 10.1. The molecular weight excluding hydrogens is 1500 g/mol. The van der Waals surface area contributed by atoms with Crippen LogP contribution in [0.15, 0.2) is 260 Å². The molecule has 12 rings (SSSR count). The van der Waals surface area contributed by atoms with Crippen molar-refractivity contribution >= 4 is 156 Å². The number of thioether (sulfide) groups is 3. The lowest BCUT2D eigenvalue weighted by Crippen LogP contribution is -2.13. The maximum Gasteiger partial charge on any atom is 0.313 e. The number of ether oxygens (including phenoxy) is 3. The Morgan fingerprint density at radius 3 is 0.913 bits per heavy atom. The third kappa shape index (κ3) is 19.5. The van der Waals surface area contributed by atoms with E-state index in [0.29, 0.717) is 66.1 Å². The molecule has 0 spiro atoms. The predicted octanol–water partition coefficient (Wildman–Crippen LogP) is 17.5. The number of phenolic OH excluding ortho intramolecular Hbond substituents is 3. The summed E-state index contributed by atoms with van der Waals surface area (Å²) in [6.07, 6.45) is 0. The van der Waals surface area contributed by atoms with Gasteiger partial charge in [-0.2, -0.15) is 0 Å². The summed E-state index contributed by atoms with van der Waals surface area (Å²) in [6.45, 7) is 0. The summed E-state index contributed by atoms with van der Waals surface area (Å²) in [5.41, 5.74) is 0.614. The Bertz CT molecular complexity index is 5300. The monoisotopic (exact) mass is 1550 g/mol. The average molecular weight is 1550 g/mol. The van der Waals surface area contributed by atoms with E-state index >= 15 is 0 Å². The fourth-order valence-corrected chi connectivity index (χ4v) is 15.3. The van der Waals surface area contributed by atoms with Gasteiger partial charge in [0.25, 0.3) is 30.1 Å². The lowest BCUT2D eigenvalue weighted by molar-refractivity contribution is -0.134. The Balaban J connectivity index is 0.000000166. The second-order valence-corrected chi connectivity index (χ2v) is 30.5. The van der Waals surface area contributed by atoms with Crippen LogP contribution in [-0.4, -0.2) is 91.1 Å². The lowest BCUT2D eigenvalue weighted by Gasteiger charge is -2.15. The fourth-order valence-electron chi connectivity index (χ4n) is 9.63. The first-order valence-electron chi connectivity index (χ1n) is 29.8. The second kappa shape index (κ2) is 33.0. The van der Waals surface area contributed by atoms with E-state index in [1.54, 1.807) is 97.1 Å². The van der Waals surface area contributed by atoms with Gasteiger partial charge in [-0.05, 0) is 152 Å². The van der Waals surface area contributed by atoms with Gasteiger partial charge in [-0.1, -0.05) is 96.0 Å². The van der Waals surface area contributed by atoms with Gasteiger partial charge in [0.1, 0.15) is 63.4 Å². The largest absolute Gasteiger partial charge is 0.506 e. The highest BCUT2D eigenvalue weighted by Gasteiger charge is 2.24. The second-order valence-electron chi connectivity index (χ2n) is 21.5. The molecule has 31 heteroatoms. The van der Waals surface area contributed by atoms with Gasteiger partial charge in [0.15, 0.2) is 0 Å². The minimum atomic E-state index is -4.05. The van der Waals surface area contributed by atoms with Crippen molar-refractivity contribution in [3.63, 3.8) is 0 Å². The first-order valence-corrected chi connectivity index (χ1v) is 37.9. The number of carboxylic acids is 3. The summed E-state index contributed by atoms with van der Waals surface area (Å²) in [5.74, 6) is -3.05. The Hall–Kier alpha value is -10.6. The van der Waals surface area contributed by atoms with Crippen LogP contribution in [0.1, 0.15) is 0 Å². The van der Waals surface area contributed by atoms with Crippen LogP contribution in [0.4, 0.5) is 25.8 Å². The first-order chi connectivity index (χ1) is 49.1. The van der Waals surface area contributed by atoms with Crippen LogP contribution >= 0.6 is 58.5 Å². The number of rotatable bonds is 24. The molecule has 0 heterocycles. The molecule has 0 aliphatic carbocycles. The van der Waals surface area contributed by atoms with Gasteiger partial charge in [0.2, 0.25) is 0 Å². The first kappa shape index (κ1) is 75.0. The number of halogens is 4. The summed E-state index contributed by atoms with van der Waals surface area (Å²) in [5, 5.41) is 61.6. The van der Waals surface area contributed by atoms with Gasteiger partial charge in [-0.25, -0.2) is 34.0 Å². The van der Waals surface area contributed by atoms with Crippen LogP contribution in [-0.2, 0) is 44.5 Å². The van der Waals surface area contributed by atoms with Gasteiger partial charge < -0.3 is 44.8 Å². The van der Waals surface area contributed by atoms with E-state index in [4.69, 9.17) is 52.7 Å². The van der Waals surface area contributed by atoms with Crippen molar-refractivity contribution in [1.82, 2.24) is 0 Å². The minimum absolute atomic E-state index is 0.00727. The number of phenols is 3. The molecule has 0 unspecified atom stereocenters. The molecule has 0 saturated carbocycles. The van der Waals surface area contributed by atoms with Crippen LogP contribution in [0.25, 0.3) is 32.3 Å². The number of nitrogens with one attached hydrogen (secondary N) is 3. The predicted molar refractivity (Wildman–Crippen MR) is 393 cm³/mol. The summed E-state index contributed by atoms with van der Waals surface area (Å²) < 4.78 is 129. The van der Waals surface area contributed by atoms with Crippen LogP contribution in [0.5, 0.6) is 51.7 Å². The Morgan fingerprint density at radius 1 is 0.359 bits per heavy atom. The minimum Gasteiger partial charge on any atom is -0.506 e. The highest BCUT2D eigenvalue weighted by atomic mass is 35.5. The summed E-state index contributed by atoms with van der Waals surface area (Å²) in [7, 11) is -12.1. The van der Waals surface area contributed by atoms with E-state index in [1.807, 2.05) is 0 Å². The maximum atomic E-state index is 13.3. The van der Waals surface area contributed by atoms with Crippen molar-refractivity contribution < 1.29 is 93.3 Å². The number of aromatic hydroxyl groups is 3. The number of fused-ring (bicyclic) bond motifs is 3. The fraction of sp³-hybridized carbons (Fsp3) is 0.0417. The zero-order valence-corrected chi connectivity index (χ0v) is 59.0.